The summed E-state index contributed by atoms with van der Waals surface area (Å²) in [6, 6.07) is 5.65. The Morgan fingerprint density at radius 3 is 2.56 bits per heavy atom. The van der Waals surface area contributed by atoms with Crippen molar-refractivity contribution < 1.29 is 13.2 Å². The van der Waals surface area contributed by atoms with Gasteiger partial charge in [-0.15, -0.1) is 0 Å². The number of benzene rings is 1. The zero-order valence-corrected chi connectivity index (χ0v) is 8.52. The fraction of sp³-hybridized carbons (Fsp3) is 0.250. The van der Waals surface area contributed by atoms with Crippen LogP contribution >= 0.6 is 0 Å². The van der Waals surface area contributed by atoms with Crippen LogP contribution in [-0.2, 0) is 6.18 Å². The molecule has 0 aromatic heterocycles. The average Bonchev–Trinajstić information content (AvgIpc) is 2.19. The largest absolute Gasteiger partial charge is 0.416 e. The van der Waals surface area contributed by atoms with Gasteiger partial charge in [0.25, 0.3) is 0 Å². The van der Waals surface area contributed by atoms with Crippen LogP contribution in [0.25, 0.3) is 0 Å². The topological polar surface area (TPSA) is 23.8 Å². The van der Waals surface area contributed by atoms with Crippen molar-refractivity contribution in [2.24, 2.45) is 0 Å². The SMILES string of the molecule is Cc1c(C#CCC#N)cccc1C(F)(F)F. The number of rotatable bonds is 0. The number of alkyl halides is 3. The van der Waals surface area contributed by atoms with Crippen LogP contribution in [0.5, 0.6) is 0 Å². The van der Waals surface area contributed by atoms with Crippen LogP contribution in [-0.4, -0.2) is 0 Å². The Labute approximate surface area is 91.5 Å². The molecule has 0 atom stereocenters. The summed E-state index contributed by atoms with van der Waals surface area (Å²) in [5, 5.41) is 8.26. The van der Waals surface area contributed by atoms with Crippen LogP contribution in [0.15, 0.2) is 18.2 Å². The zero-order valence-electron chi connectivity index (χ0n) is 8.52. The molecule has 4 heteroatoms. The molecule has 0 saturated carbocycles. The Morgan fingerprint density at radius 1 is 1.31 bits per heavy atom. The van der Waals surface area contributed by atoms with Gasteiger partial charge in [0.1, 0.15) is 0 Å². The molecule has 0 bridgehead atoms. The van der Waals surface area contributed by atoms with Gasteiger partial charge in [-0.1, -0.05) is 17.9 Å². The first kappa shape index (κ1) is 12.1. The standard InChI is InChI=1S/C12H8F3N/c1-9-10(5-2-3-8-16)6-4-7-11(9)12(13,14)15/h4,6-7H,3H2,1H3. The third kappa shape index (κ3) is 2.77. The molecule has 0 heterocycles. The van der Waals surface area contributed by atoms with Gasteiger partial charge < -0.3 is 0 Å². The lowest BCUT2D eigenvalue weighted by Gasteiger charge is -2.10. The fourth-order valence-corrected chi connectivity index (χ4v) is 1.26. The van der Waals surface area contributed by atoms with Crippen LogP contribution in [0.2, 0.25) is 0 Å². The maximum Gasteiger partial charge on any atom is 0.416 e. The number of halogens is 3. The lowest BCUT2D eigenvalue weighted by atomic mass is 10.0. The molecule has 0 aliphatic rings. The summed E-state index contributed by atoms with van der Waals surface area (Å²) in [6.07, 6.45) is -4.35. The molecular formula is C12H8F3N. The summed E-state index contributed by atoms with van der Waals surface area (Å²) in [5.41, 5.74) is -0.276. The molecule has 1 rings (SSSR count). The molecule has 1 aromatic carbocycles. The Balaban J connectivity index is 3.17. The van der Waals surface area contributed by atoms with E-state index in [4.69, 9.17) is 5.26 Å². The summed E-state index contributed by atoms with van der Waals surface area (Å²) < 4.78 is 37.5. The summed E-state index contributed by atoms with van der Waals surface area (Å²) in [7, 11) is 0. The van der Waals surface area contributed by atoms with E-state index in [1.54, 1.807) is 6.07 Å². The van der Waals surface area contributed by atoms with Gasteiger partial charge in [0.15, 0.2) is 0 Å². The predicted octanol–water partition coefficient (Wildman–Crippen LogP) is 3.28. The van der Waals surface area contributed by atoms with Crippen molar-refractivity contribution in [3.8, 4) is 17.9 Å². The van der Waals surface area contributed by atoms with Crippen LogP contribution in [0, 0.1) is 30.1 Å². The molecule has 0 spiro atoms. The highest BCUT2D eigenvalue weighted by molar-refractivity contribution is 5.46. The molecule has 0 radical (unpaired) electrons. The Hall–Kier alpha value is -1.94. The monoisotopic (exact) mass is 223 g/mol. The van der Waals surface area contributed by atoms with Crippen molar-refractivity contribution in [2.45, 2.75) is 19.5 Å². The molecule has 1 nitrogen and oxygen atoms in total. The molecule has 0 N–H and O–H groups in total. The molecular weight excluding hydrogens is 215 g/mol. The molecule has 0 unspecified atom stereocenters. The zero-order chi connectivity index (χ0) is 12.2. The van der Waals surface area contributed by atoms with Crippen molar-refractivity contribution in [3.05, 3.63) is 34.9 Å². The van der Waals surface area contributed by atoms with Gasteiger partial charge in [0.05, 0.1) is 18.1 Å². The highest BCUT2D eigenvalue weighted by Gasteiger charge is 2.32. The Kier molecular flexibility index (Phi) is 3.58. The first-order chi connectivity index (χ1) is 7.46. The molecule has 0 fully saturated rings. The van der Waals surface area contributed by atoms with E-state index >= 15 is 0 Å². The van der Waals surface area contributed by atoms with Gasteiger partial charge in [-0.2, -0.15) is 18.4 Å². The first-order valence-electron chi connectivity index (χ1n) is 4.49. The lowest BCUT2D eigenvalue weighted by Crippen LogP contribution is -2.08. The third-order valence-corrected chi connectivity index (χ3v) is 2.03. The smallest absolute Gasteiger partial charge is 0.197 e. The molecule has 16 heavy (non-hydrogen) atoms. The minimum atomic E-state index is -4.36. The average molecular weight is 223 g/mol. The molecule has 0 aliphatic heterocycles. The third-order valence-electron chi connectivity index (χ3n) is 2.03. The summed E-state index contributed by atoms with van der Waals surface area (Å²) in [4.78, 5) is 0. The summed E-state index contributed by atoms with van der Waals surface area (Å²) >= 11 is 0. The maximum absolute atomic E-state index is 12.5. The molecule has 0 amide bonds. The van der Waals surface area contributed by atoms with Gasteiger partial charge >= 0.3 is 6.18 Å². The highest BCUT2D eigenvalue weighted by atomic mass is 19.4. The molecule has 0 saturated heterocycles. The second-order valence-corrected chi connectivity index (χ2v) is 3.11. The van der Waals surface area contributed by atoms with Gasteiger partial charge in [-0.25, -0.2) is 0 Å². The van der Waals surface area contributed by atoms with Gasteiger partial charge in [0.2, 0.25) is 0 Å². The van der Waals surface area contributed by atoms with Gasteiger partial charge in [0, 0.05) is 5.56 Å². The lowest BCUT2D eigenvalue weighted by molar-refractivity contribution is -0.138. The Bertz CT molecular complexity index is 484. The van der Waals surface area contributed by atoms with Crippen molar-refractivity contribution in [3.63, 3.8) is 0 Å². The fourth-order valence-electron chi connectivity index (χ4n) is 1.26. The molecule has 1 aromatic rings. The van der Waals surface area contributed by atoms with E-state index in [0.29, 0.717) is 5.56 Å². The maximum atomic E-state index is 12.5. The van der Waals surface area contributed by atoms with Crippen LogP contribution in [0.1, 0.15) is 23.1 Å². The van der Waals surface area contributed by atoms with E-state index < -0.39 is 11.7 Å². The van der Waals surface area contributed by atoms with Crippen LogP contribution in [0.3, 0.4) is 0 Å². The van der Waals surface area contributed by atoms with Gasteiger partial charge in [-0.3, -0.25) is 0 Å². The number of hydrogen-bond acceptors (Lipinski definition) is 1. The van der Waals surface area contributed by atoms with Crippen molar-refractivity contribution in [1.29, 1.82) is 5.26 Å². The van der Waals surface area contributed by atoms with Crippen molar-refractivity contribution in [2.75, 3.05) is 0 Å². The van der Waals surface area contributed by atoms with Crippen LogP contribution < -0.4 is 0 Å². The van der Waals surface area contributed by atoms with E-state index in [9.17, 15) is 13.2 Å². The van der Waals surface area contributed by atoms with E-state index in [2.05, 4.69) is 11.8 Å². The minimum Gasteiger partial charge on any atom is -0.197 e. The van der Waals surface area contributed by atoms with Crippen molar-refractivity contribution >= 4 is 0 Å². The van der Waals surface area contributed by atoms with E-state index in [1.807, 2.05) is 0 Å². The van der Waals surface area contributed by atoms with E-state index in [1.165, 1.54) is 19.1 Å². The van der Waals surface area contributed by atoms with Crippen LogP contribution in [0.4, 0.5) is 13.2 Å². The highest BCUT2D eigenvalue weighted by Crippen LogP contribution is 2.32. The van der Waals surface area contributed by atoms with Gasteiger partial charge in [-0.05, 0) is 24.6 Å². The second-order valence-electron chi connectivity index (χ2n) is 3.11. The number of nitrogens with zero attached hydrogens (tertiary/aromatic N) is 1. The normalized spacial score (nSPS) is 10.2. The Morgan fingerprint density at radius 2 is 2.00 bits per heavy atom. The number of nitriles is 1. The quantitative estimate of drug-likeness (QED) is 0.619. The minimum absolute atomic E-state index is 0.00961. The van der Waals surface area contributed by atoms with Crippen molar-refractivity contribution in [1.82, 2.24) is 0 Å². The summed E-state index contributed by atoms with van der Waals surface area (Å²) in [5.74, 6) is 5.05. The molecule has 0 aliphatic carbocycles. The summed E-state index contributed by atoms with van der Waals surface area (Å²) in [6.45, 7) is 1.37. The molecule has 82 valence electrons. The van der Waals surface area contributed by atoms with E-state index in [0.717, 1.165) is 6.07 Å². The van der Waals surface area contributed by atoms with E-state index in [-0.39, 0.29) is 12.0 Å². The predicted molar refractivity (Wildman–Crippen MR) is 53.3 cm³/mol. The number of hydrogen-bond donors (Lipinski definition) is 0. The second kappa shape index (κ2) is 4.72. The first-order valence-corrected chi connectivity index (χ1v) is 4.49.